The molecule has 1 heterocycles. The van der Waals surface area contributed by atoms with E-state index in [2.05, 4.69) is 10.2 Å². The molecule has 1 aromatic heterocycles. The van der Waals surface area contributed by atoms with Gasteiger partial charge in [-0.05, 0) is 43.3 Å². The van der Waals surface area contributed by atoms with Gasteiger partial charge >= 0.3 is 0 Å². The van der Waals surface area contributed by atoms with Crippen LogP contribution in [0.1, 0.15) is 22.2 Å². The van der Waals surface area contributed by atoms with Crippen LogP contribution in [0, 0.1) is 28.7 Å². The molecule has 0 bridgehead atoms. The number of nitrogens with zero attached hydrogens (tertiary/aromatic N) is 4. The van der Waals surface area contributed by atoms with Gasteiger partial charge in [-0.15, -0.1) is 10.2 Å². The summed E-state index contributed by atoms with van der Waals surface area (Å²) in [4.78, 5) is 11.1. The third kappa shape index (κ3) is 5.40. The zero-order valence-electron chi connectivity index (χ0n) is 18.1. The van der Waals surface area contributed by atoms with Gasteiger partial charge < -0.3 is 4.74 Å². The standard InChI is InChI=1S/C24H20F2N4O3S/c1-16-27-28-24(30(16)19-12-10-18(25)11-13-19)34-23(14-29(31)32)20-7-3-5-9-22(20)33-15-17-6-2-4-8-21(17)26/h2-13,23H,14-15H2,1H3/t23-/m1/s1. The molecule has 0 aliphatic carbocycles. The molecule has 4 rings (SSSR count). The van der Waals surface area contributed by atoms with Gasteiger partial charge in [-0.3, -0.25) is 14.7 Å². The summed E-state index contributed by atoms with van der Waals surface area (Å²) in [6.45, 7) is 1.32. The summed E-state index contributed by atoms with van der Waals surface area (Å²) < 4.78 is 35.0. The largest absolute Gasteiger partial charge is 0.488 e. The molecule has 3 aromatic carbocycles. The van der Waals surface area contributed by atoms with Gasteiger partial charge in [-0.2, -0.15) is 0 Å². The van der Waals surface area contributed by atoms with Gasteiger partial charge in [0, 0.05) is 21.7 Å². The number of hydrogen-bond acceptors (Lipinski definition) is 6. The van der Waals surface area contributed by atoms with Crippen molar-refractivity contribution in [2.45, 2.75) is 23.9 Å². The van der Waals surface area contributed by atoms with E-state index < -0.39 is 16.7 Å². The van der Waals surface area contributed by atoms with Crippen molar-refractivity contribution in [3.05, 3.63) is 111 Å². The molecule has 0 unspecified atom stereocenters. The summed E-state index contributed by atoms with van der Waals surface area (Å²) in [6.07, 6.45) is 0. The normalized spacial score (nSPS) is 11.9. The molecule has 0 spiro atoms. The molecule has 0 amide bonds. The highest BCUT2D eigenvalue weighted by atomic mass is 32.2. The van der Waals surface area contributed by atoms with Gasteiger partial charge in [0.1, 0.15) is 35.1 Å². The van der Waals surface area contributed by atoms with Gasteiger partial charge in [0.25, 0.3) is 0 Å². The molecule has 0 aliphatic rings. The lowest BCUT2D eigenvalue weighted by Crippen LogP contribution is -2.12. The lowest BCUT2D eigenvalue weighted by atomic mass is 10.1. The van der Waals surface area contributed by atoms with Crippen LogP contribution in [0.15, 0.2) is 78.0 Å². The van der Waals surface area contributed by atoms with Crippen molar-refractivity contribution >= 4 is 11.8 Å². The number of benzene rings is 3. The topological polar surface area (TPSA) is 83.1 Å². The molecular formula is C24H20F2N4O3S. The van der Waals surface area contributed by atoms with Crippen molar-refractivity contribution in [2.75, 3.05) is 6.54 Å². The van der Waals surface area contributed by atoms with Crippen molar-refractivity contribution < 1.29 is 18.4 Å². The fourth-order valence-electron chi connectivity index (χ4n) is 3.42. The summed E-state index contributed by atoms with van der Waals surface area (Å²) >= 11 is 1.16. The zero-order chi connectivity index (χ0) is 24.1. The van der Waals surface area contributed by atoms with Crippen molar-refractivity contribution in [2.24, 2.45) is 0 Å². The number of rotatable bonds is 9. The van der Waals surface area contributed by atoms with Crippen LogP contribution in [-0.2, 0) is 6.61 Å². The number of halogens is 2. The molecule has 34 heavy (non-hydrogen) atoms. The van der Waals surface area contributed by atoms with E-state index in [1.807, 2.05) is 0 Å². The summed E-state index contributed by atoms with van der Waals surface area (Å²) in [7, 11) is 0. The second-order valence-electron chi connectivity index (χ2n) is 7.38. The number of ether oxygens (including phenoxy) is 1. The minimum atomic E-state index is -0.672. The highest BCUT2D eigenvalue weighted by Crippen LogP contribution is 2.40. The van der Waals surface area contributed by atoms with Gasteiger partial charge in [-0.1, -0.05) is 48.2 Å². The van der Waals surface area contributed by atoms with E-state index in [1.165, 1.54) is 18.2 Å². The van der Waals surface area contributed by atoms with Crippen LogP contribution in [0.4, 0.5) is 8.78 Å². The Morgan fingerprint density at radius 3 is 2.47 bits per heavy atom. The van der Waals surface area contributed by atoms with Crippen molar-refractivity contribution in [1.82, 2.24) is 14.8 Å². The molecular weight excluding hydrogens is 462 g/mol. The Balaban J connectivity index is 1.65. The maximum absolute atomic E-state index is 14.0. The Bertz CT molecular complexity index is 1300. The predicted molar refractivity (Wildman–Crippen MR) is 124 cm³/mol. The molecule has 0 saturated carbocycles. The molecule has 0 radical (unpaired) electrons. The van der Waals surface area contributed by atoms with Crippen LogP contribution in [0.3, 0.4) is 0 Å². The number of hydrogen-bond donors (Lipinski definition) is 0. The third-order valence-electron chi connectivity index (χ3n) is 5.05. The van der Waals surface area contributed by atoms with E-state index in [9.17, 15) is 18.9 Å². The van der Waals surface area contributed by atoms with Crippen LogP contribution >= 0.6 is 11.8 Å². The number of aryl methyl sites for hydroxylation is 1. The Hall–Kier alpha value is -3.79. The molecule has 4 aromatic rings. The fourth-order valence-corrected chi connectivity index (χ4v) is 4.62. The van der Waals surface area contributed by atoms with Crippen LogP contribution in [-0.4, -0.2) is 26.2 Å². The van der Waals surface area contributed by atoms with Gasteiger partial charge in [0.2, 0.25) is 6.54 Å². The first-order valence-corrected chi connectivity index (χ1v) is 11.2. The molecule has 174 valence electrons. The molecule has 0 aliphatic heterocycles. The first kappa shape index (κ1) is 23.4. The van der Waals surface area contributed by atoms with E-state index in [4.69, 9.17) is 4.74 Å². The summed E-state index contributed by atoms with van der Waals surface area (Å²) in [5, 5.41) is 19.6. The lowest BCUT2D eigenvalue weighted by Gasteiger charge is -2.18. The number of nitro groups is 1. The Morgan fingerprint density at radius 2 is 1.74 bits per heavy atom. The summed E-state index contributed by atoms with van der Waals surface area (Å²) in [6, 6.07) is 19.0. The quantitative estimate of drug-likeness (QED) is 0.177. The minimum Gasteiger partial charge on any atom is -0.488 e. The second-order valence-corrected chi connectivity index (χ2v) is 8.55. The first-order valence-electron chi connectivity index (χ1n) is 10.3. The fraction of sp³-hybridized carbons (Fsp3) is 0.167. The van der Waals surface area contributed by atoms with Crippen LogP contribution in [0.25, 0.3) is 5.69 Å². The third-order valence-corrected chi connectivity index (χ3v) is 6.21. The van der Waals surface area contributed by atoms with Crippen LogP contribution < -0.4 is 4.74 Å². The highest BCUT2D eigenvalue weighted by Gasteiger charge is 2.26. The average molecular weight is 483 g/mol. The lowest BCUT2D eigenvalue weighted by molar-refractivity contribution is -0.479. The van der Waals surface area contributed by atoms with Crippen molar-refractivity contribution in [3.8, 4) is 11.4 Å². The van der Waals surface area contributed by atoms with Crippen LogP contribution in [0.5, 0.6) is 5.75 Å². The first-order chi connectivity index (χ1) is 16.4. The maximum Gasteiger partial charge on any atom is 0.220 e. The van der Waals surface area contributed by atoms with Crippen molar-refractivity contribution in [1.29, 1.82) is 0 Å². The van der Waals surface area contributed by atoms with E-state index in [-0.39, 0.29) is 18.2 Å². The monoisotopic (exact) mass is 482 g/mol. The average Bonchev–Trinajstić information content (AvgIpc) is 3.18. The van der Waals surface area contributed by atoms with E-state index in [0.29, 0.717) is 33.5 Å². The number of para-hydroxylation sites is 1. The SMILES string of the molecule is Cc1nnc(S[C@H](C[N+](=O)[O-])c2ccccc2OCc2ccccc2F)n1-c1ccc(F)cc1. The molecule has 0 N–H and O–H groups in total. The highest BCUT2D eigenvalue weighted by molar-refractivity contribution is 7.99. The molecule has 1 atom stereocenters. The Labute approximate surface area is 198 Å². The smallest absolute Gasteiger partial charge is 0.220 e. The zero-order valence-corrected chi connectivity index (χ0v) is 18.9. The Kier molecular flexibility index (Phi) is 7.17. The maximum atomic E-state index is 14.0. The van der Waals surface area contributed by atoms with E-state index in [0.717, 1.165) is 11.8 Å². The van der Waals surface area contributed by atoms with Crippen molar-refractivity contribution in [3.63, 3.8) is 0 Å². The van der Waals surface area contributed by atoms with Crippen LogP contribution in [0.2, 0.25) is 0 Å². The predicted octanol–water partition coefficient (Wildman–Crippen LogP) is 5.54. The second kappa shape index (κ2) is 10.4. The Morgan fingerprint density at radius 1 is 1.03 bits per heavy atom. The number of aromatic nitrogens is 3. The van der Waals surface area contributed by atoms with E-state index in [1.54, 1.807) is 66.1 Å². The van der Waals surface area contributed by atoms with E-state index >= 15 is 0 Å². The molecule has 0 saturated heterocycles. The number of thioether (sulfide) groups is 1. The molecule has 10 heteroatoms. The summed E-state index contributed by atoms with van der Waals surface area (Å²) in [5.74, 6) is 0.197. The summed E-state index contributed by atoms with van der Waals surface area (Å²) in [5.41, 5.74) is 1.59. The van der Waals surface area contributed by atoms with Gasteiger partial charge in [0.05, 0.1) is 0 Å². The van der Waals surface area contributed by atoms with Gasteiger partial charge in [0.15, 0.2) is 5.16 Å². The minimum absolute atomic E-state index is 0.0234. The molecule has 0 fully saturated rings. The van der Waals surface area contributed by atoms with Gasteiger partial charge in [-0.25, -0.2) is 8.78 Å². The molecule has 7 nitrogen and oxygen atoms in total.